The monoisotopic (exact) mass is 236 g/mol. The second-order valence-corrected chi connectivity index (χ2v) is 3.61. The van der Waals surface area contributed by atoms with Gasteiger partial charge in [-0.25, -0.2) is 4.39 Å². The van der Waals surface area contributed by atoms with Crippen LogP contribution in [0, 0.1) is 23.1 Å². The van der Waals surface area contributed by atoms with Gasteiger partial charge in [-0.2, -0.15) is 5.26 Å². The van der Waals surface area contributed by atoms with Crippen molar-refractivity contribution in [2.75, 3.05) is 19.0 Å². The molecule has 0 fully saturated rings. The summed E-state index contributed by atoms with van der Waals surface area (Å²) < 4.78 is 17.6. The van der Waals surface area contributed by atoms with Gasteiger partial charge in [0.1, 0.15) is 11.9 Å². The minimum atomic E-state index is -0.556. The first kappa shape index (κ1) is 13.0. The van der Waals surface area contributed by atoms with Crippen molar-refractivity contribution in [3.63, 3.8) is 0 Å². The molecule has 0 saturated heterocycles. The second-order valence-electron chi connectivity index (χ2n) is 3.61. The van der Waals surface area contributed by atoms with Crippen LogP contribution in [0.25, 0.3) is 0 Å². The maximum atomic E-state index is 13.0. The quantitative estimate of drug-likeness (QED) is 0.811. The van der Waals surface area contributed by atoms with Gasteiger partial charge < -0.3 is 10.1 Å². The highest BCUT2D eigenvalue weighted by atomic mass is 19.1. The molecule has 0 aliphatic heterocycles. The summed E-state index contributed by atoms with van der Waals surface area (Å²) in [5.74, 6) is -1.19. The summed E-state index contributed by atoms with van der Waals surface area (Å²) in [6.45, 7) is 2.08. The molecule has 1 rings (SSSR count). The van der Waals surface area contributed by atoms with E-state index in [1.54, 1.807) is 13.0 Å². The molecule has 17 heavy (non-hydrogen) atoms. The molecule has 0 spiro atoms. The Morgan fingerprint density at radius 3 is 2.94 bits per heavy atom. The highest BCUT2D eigenvalue weighted by Gasteiger charge is 2.12. The van der Waals surface area contributed by atoms with Crippen LogP contribution in [-0.4, -0.2) is 19.6 Å². The third-order valence-electron chi connectivity index (χ3n) is 2.30. The number of rotatable bonds is 4. The summed E-state index contributed by atoms with van der Waals surface area (Å²) in [7, 11) is 1.32. The van der Waals surface area contributed by atoms with Crippen LogP contribution in [0.4, 0.5) is 10.1 Å². The molecule has 5 heteroatoms. The van der Waals surface area contributed by atoms with Gasteiger partial charge in [0.2, 0.25) is 0 Å². The van der Waals surface area contributed by atoms with Crippen molar-refractivity contribution in [2.45, 2.75) is 6.92 Å². The van der Waals surface area contributed by atoms with Crippen LogP contribution in [0.1, 0.15) is 12.5 Å². The van der Waals surface area contributed by atoms with Crippen molar-refractivity contribution in [1.29, 1.82) is 5.26 Å². The van der Waals surface area contributed by atoms with E-state index in [2.05, 4.69) is 10.1 Å². The molecule has 0 heterocycles. The molecule has 1 unspecified atom stereocenters. The van der Waals surface area contributed by atoms with Crippen LogP contribution in [0.3, 0.4) is 0 Å². The van der Waals surface area contributed by atoms with Gasteiger partial charge in [0.05, 0.1) is 18.6 Å². The first-order chi connectivity index (χ1) is 8.08. The predicted molar refractivity (Wildman–Crippen MR) is 60.8 cm³/mol. The Morgan fingerprint density at radius 2 is 2.35 bits per heavy atom. The predicted octanol–water partition coefficient (Wildman–Crippen LogP) is 1.92. The molecule has 0 aliphatic rings. The lowest BCUT2D eigenvalue weighted by Crippen LogP contribution is -2.21. The highest BCUT2D eigenvalue weighted by Crippen LogP contribution is 2.14. The maximum absolute atomic E-state index is 13.0. The summed E-state index contributed by atoms with van der Waals surface area (Å²) in [6, 6.07) is 5.88. The van der Waals surface area contributed by atoms with Crippen LogP contribution in [0.15, 0.2) is 18.2 Å². The normalized spacial score (nSPS) is 11.4. The summed E-state index contributed by atoms with van der Waals surface area (Å²) in [5.41, 5.74) is 0.569. The molecule has 0 bridgehead atoms. The average molecular weight is 236 g/mol. The number of carbonyl (C=O) groups is 1. The van der Waals surface area contributed by atoms with Crippen LogP contribution in [-0.2, 0) is 9.53 Å². The zero-order valence-corrected chi connectivity index (χ0v) is 9.66. The Kier molecular flexibility index (Phi) is 4.46. The second kappa shape index (κ2) is 5.85. The molecule has 4 nitrogen and oxygen atoms in total. The van der Waals surface area contributed by atoms with Crippen molar-refractivity contribution in [3.05, 3.63) is 29.6 Å². The minimum absolute atomic E-state index is 0.0271. The number of ether oxygens (including phenoxy) is 1. The molecular weight excluding hydrogens is 223 g/mol. The molecule has 0 aliphatic carbocycles. The number of hydrogen-bond donors (Lipinski definition) is 1. The van der Waals surface area contributed by atoms with Crippen LogP contribution >= 0.6 is 0 Å². The van der Waals surface area contributed by atoms with Crippen LogP contribution in [0.5, 0.6) is 0 Å². The van der Waals surface area contributed by atoms with E-state index in [4.69, 9.17) is 5.26 Å². The Balaban J connectivity index is 2.65. The number of nitrogens with zero attached hydrogens (tertiary/aromatic N) is 1. The van der Waals surface area contributed by atoms with E-state index >= 15 is 0 Å². The number of nitriles is 1. The fraction of sp³-hybridized carbons (Fsp3) is 0.333. The van der Waals surface area contributed by atoms with E-state index in [1.165, 1.54) is 25.3 Å². The van der Waals surface area contributed by atoms with Gasteiger partial charge >= 0.3 is 5.97 Å². The minimum Gasteiger partial charge on any atom is -0.469 e. The number of methoxy groups -OCH3 is 1. The molecule has 90 valence electrons. The first-order valence-corrected chi connectivity index (χ1v) is 5.09. The number of carbonyl (C=O) groups excluding carboxylic acids is 1. The van der Waals surface area contributed by atoms with Crippen molar-refractivity contribution in [1.82, 2.24) is 0 Å². The summed E-state index contributed by atoms with van der Waals surface area (Å²) in [6.07, 6.45) is 0. The number of anilines is 1. The number of nitrogens with one attached hydrogen (secondary N) is 1. The van der Waals surface area contributed by atoms with E-state index in [1.807, 2.05) is 0 Å². The lowest BCUT2D eigenvalue weighted by atomic mass is 10.1. The van der Waals surface area contributed by atoms with E-state index < -0.39 is 5.82 Å². The summed E-state index contributed by atoms with van der Waals surface area (Å²) in [4.78, 5) is 11.1. The highest BCUT2D eigenvalue weighted by molar-refractivity contribution is 5.72. The van der Waals surface area contributed by atoms with E-state index in [0.29, 0.717) is 12.2 Å². The zero-order chi connectivity index (χ0) is 12.8. The topological polar surface area (TPSA) is 62.1 Å². The first-order valence-electron chi connectivity index (χ1n) is 5.09. The lowest BCUT2D eigenvalue weighted by Gasteiger charge is -2.11. The van der Waals surface area contributed by atoms with E-state index in [0.717, 1.165) is 0 Å². The van der Waals surface area contributed by atoms with E-state index in [-0.39, 0.29) is 17.5 Å². The molecule has 0 saturated carbocycles. The van der Waals surface area contributed by atoms with Gasteiger partial charge in [-0.15, -0.1) is 0 Å². The maximum Gasteiger partial charge on any atom is 0.310 e. The molecule has 0 amide bonds. The molecular formula is C12H13FN2O2. The summed E-state index contributed by atoms with van der Waals surface area (Å²) >= 11 is 0. The van der Waals surface area contributed by atoms with Crippen molar-refractivity contribution in [3.8, 4) is 6.07 Å². The molecule has 0 aromatic heterocycles. The van der Waals surface area contributed by atoms with Gasteiger partial charge in [-0.05, 0) is 18.2 Å². The standard InChI is InChI=1S/C12H13FN2O2/c1-8(12(16)17-2)7-15-10-3-4-11(13)9(5-10)6-14/h3-5,8,15H,7H2,1-2H3. The Hall–Kier alpha value is -2.09. The van der Waals surface area contributed by atoms with Crippen LogP contribution in [0.2, 0.25) is 0 Å². The van der Waals surface area contributed by atoms with Gasteiger partial charge in [-0.1, -0.05) is 6.92 Å². The van der Waals surface area contributed by atoms with Crippen molar-refractivity contribution >= 4 is 11.7 Å². The number of benzene rings is 1. The third kappa shape index (κ3) is 3.45. The van der Waals surface area contributed by atoms with Crippen molar-refractivity contribution in [2.24, 2.45) is 5.92 Å². The lowest BCUT2D eigenvalue weighted by molar-refractivity contribution is -0.144. The van der Waals surface area contributed by atoms with Crippen LogP contribution < -0.4 is 5.32 Å². The van der Waals surface area contributed by atoms with Gasteiger partial charge in [0, 0.05) is 12.2 Å². The Morgan fingerprint density at radius 1 is 1.65 bits per heavy atom. The molecule has 1 aromatic carbocycles. The van der Waals surface area contributed by atoms with Crippen molar-refractivity contribution < 1.29 is 13.9 Å². The number of halogens is 1. The smallest absolute Gasteiger partial charge is 0.310 e. The fourth-order valence-electron chi connectivity index (χ4n) is 1.28. The SMILES string of the molecule is COC(=O)C(C)CNc1ccc(F)c(C#N)c1. The average Bonchev–Trinajstić information content (AvgIpc) is 2.36. The van der Waals surface area contributed by atoms with Gasteiger partial charge in [0.15, 0.2) is 0 Å². The van der Waals surface area contributed by atoms with Gasteiger partial charge in [0.25, 0.3) is 0 Å². The largest absolute Gasteiger partial charge is 0.469 e. The summed E-state index contributed by atoms with van der Waals surface area (Å²) in [5, 5.41) is 11.6. The molecule has 0 radical (unpaired) electrons. The zero-order valence-electron chi connectivity index (χ0n) is 9.66. The van der Waals surface area contributed by atoms with E-state index in [9.17, 15) is 9.18 Å². The van der Waals surface area contributed by atoms with Gasteiger partial charge in [-0.3, -0.25) is 4.79 Å². The third-order valence-corrected chi connectivity index (χ3v) is 2.30. The molecule has 1 aromatic rings. The number of esters is 1. The number of hydrogen-bond acceptors (Lipinski definition) is 4. The fourth-order valence-corrected chi connectivity index (χ4v) is 1.28. The Bertz CT molecular complexity index is 454. The molecule has 1 N–H and O–H groups in total. The Labute approximate surface area is 99.0 Å². The molecule has 1 atom stereocenters.